The summed E-state index contributed by atoms with van der Waals surface area (Å²) in [5.41, 5.74) is 0.999. The van der Waals surface area contributed by atoms with E-state index in [1.54, 1.807) is 11.6 Å². The van der Waals surface area contributed by atoms with Crippen LogP contribution in [0.15, 0.2) is 46.3 Å². The number of aryl methyl sites for hydroxylation is 1. The van der Waals surface area contributed by atoms with Gasteiger partial charge in [0.2, 0.25) is 10.0 Å². The van der Waals surface area contributed by atoms with E-state index in [0.717, 1.165) is 23.1 Å². The highest BCUT2D eigenvalue weighted by atomic mass is 32.2. The molecule has 10 nitrogen and oxygen atoms in total. The molecule has 0 unspecified atom stereocenters. The molecule has 1 aromatic heterocycles. The van der Waals surface area contributed by atoms with Crippen LogP contribution in [-0.2, 0) is 26.1 Å². The third-order valence-corrected chi connectivity index (χ3v) is 8.86. The number of methoxy groups -OCH3 is 1. The summed E-state index contributed by atoms with van der Waals surface area (Å²) >= 11 is 1.28. The number of carbonyl (C=O) groups excluding carboxylic acids is 2. The Bertz CT molecular complexity index is 1470. The average molecular weight is 548 g/mol. The van der Waals surface area contributed by atoms with Crippen LogP contribution in [0, 0.1) is 0 Å². The summed E-state index contributed by atoms with van der Waals surface area (Å²) in [6, 6.07) is 9.40. The van der Waals surface area contributed by atoms with Crippen LogP contribution in [0.25, 0.3) is 10.2 Å². The number of carbonyl (C=O) groups is 2. The van der Waals surface area contributed by atoms with Gasteiger partial charge in [0.1, 0.15) is 13.2 Å². The molecule has 0 N–H and O–H groups in total. The zero-order valence-electron chi connectivity index (χ0n) is 20.9. The molecule has 0 bridgehead atoms. The highest BCUT2D eigenvalue weighted by molar-refractivity contribution is 7.89. The van der Waals surface area contributed by atoms with Crippen molar-refractivity contribution >= 4 is 43.5 Å². The minimum Gasteiger partial charge on any atom is -0.486 e. The van der Waals surface area contributed by atoms with Gasteiger partial charge in [0.05, 0.1) is 28.6 Å². The van der Waals surface area contributed by atoms with Crippen molar-refractivity contribution in [3.8, 4) is 11.5 Å². The molecular formula is C25H29N3O7S2. The summed E-state index contributed by atoms with van der Waals surface area (Å²) in [5, 5.41) is 0. The third kappa shape index (κ3) is 5.86. The van der Waals surface area contributed by atoms with E-state index < -0.39 is 15.9 Å². The van der Waals surface area contributed by atoms with Crippen LogP contribution in [0.4, 0.5) is 0 Å². The Morgan fingerprint density at radius 2 is 1.81 bits per heavy atom. The molecule has 0 saturated carbocycles. The molecule has 1 amide bonds. The molecule has 0 aliphatic carbocycles. The van der Waals surface area contributed by atoms with Crippen LogP contribution < -0.4 is 14.3 Å². The molecule has 37 heavy (non-hydrogen) atoms. The van der Waals surface area contributed by atoms with Gasteiger partial charge in [0, 0.05) is 37.8 Å². The number of amides is 1. The van der Waals surface area contributed by atoms with E-state index >= 15 is 0 Å². The average Bonchev–Trinajstić information content (AvgIpc) is 3.24. The monoisotopic (exact) mass is 547 g/mol. The lowest BCUT2D eigenvalue weighted by molar-refractivity contribution is -0.140. The van der Waals surface area contributed by atoms with E-state index in [1.807, 2.05) is 19.1 Å². The van der Waals surface area contributed by atoms with Gasteiger partial charge in [-0.3, -0.25) is 9.59 Å². The van der Waals surface area contributed by atoms with Gasteiger partial charge in [-0.25, -0.2) is 12.7 Å². The summed E-state index contributed by atoms with van der Waals surface area (Å²) in [5.74, 6) is 0.280. The van der Waals surface area contributed by atoms with Gasteiger partial charge >= 0.3 is 5.97 Å². The molecule has 0 atom stereocenters. The standard InChI is InChI=1S/C25H29N3O7S2/c1-4-5-11-27(2)37(31,32)18-8-6-17(7-9-18)24(30)26-25-28(12-10-23(29)33-3)19-15-20-21(16-22(19)36-25)35-14-13-34-20/h6-9,15-16H,4-5,10-14H2,1-3H3. The van der Waals surface area contributed by atoms with E-state index in [2.05, 4.69) is 4.99 Å². The van der Waals surface area contributed by atoms with Gasteiger partial charge in [-0.1, -0.05) is 24.7 Å². The van der Waals surface area contributed by atoms with E-state index in [9.17, 15) is 18.0 Å². The first-order valence-electron chi connectivity index (χ1n) is 11.9. The van der Waals surface area contributed by atoms with Crippen molar-refractivity contribution < 1.29 is 32.2 Å². The van der Waals surface area contributed by atoms with Crippen LogP contribution in [0.2, 0.25) is 0 Å². The largest absolute Gasteiger partial charge is 0.486 e. The summed E-state index contributed by atoms with van der Waals surface area (Å²) in [6.07, 6.45) is 1.74. The number of hydrogen-bond acceptors (Lipinski definition) is 8. The Hall–Kier alpha value is -3.22. The number of aromatic nitrogens is 1. The fraction of sp³-hybridized carbons (Fsp3) is 0.400. The molecule has 4 rings (SSSR count). The first kappa shape index (κ1) is 26.8. The maximum atomic E-state index is 13.1. The number of esters is 1. The Labute approximate surface area is 219 Å². The predicted octanol–water partition coefficient (Wildman–Crippen LogP) is 3.20. The highest BCUT2D eigenvalue weighted by Gasteiger charge is 2.21. The number of fused-ring (bicyclic) bond motifs is 2. The van der Waals surface area contributed by atoms with Crippen molar-refractivity contribution in [1.29, 1.82) is 0 Å². The molecule has 3 aromatic rings. The Morgan fingerprint density at radius 3 is 2.46 bits per heavy atom. The lowest BCUT2D eigenvalue weighted by atomic mass is 10.2. The SMILES string of the molecule is CCCCN(C)S(=O)(=O)c1ccc(C(=O)N=c2sc3cc4c(cc3n2CCC(=O)OC)OCCO4)cc1. The predicted molar refractivity (Wildman–Crippen MR) is 138 cm³/mol. The molecule has 0 saturated heterocycles. The molecule has 198 valence electrons. The van der Waals surface area contributed by atoms with Gasteiger partial charge in [-0.05, 0) is 30.7 Å². The van der Waals surface area contributed by atoms with Crippen LogP contribution in [0.3, 0.4) is 0 Å². The molecule has 1 aliphatic heterocycles. The first-order valence-corrected chi connectivity index (χ1v) is 14.2. The molecule has 0 fully saturated rings. The molecule has 2 heterocycles. The number of rotatable bonds is 9. The number of thiazole rings is 1. The zero-order chi connectivity index (χ0) is 26.6. The Morgan fingerprint density at radius 1 is 1.14 bits per heavy atom. The molecule has 0 spiro atoms. The zero-order valence-corrected chi connectivity index (χ0v) is 22.6. The first-order chi connectivity index (χ1) is 17.7. The fourth-order valence-corrected chi connectivity index (χ4v) is 6.09. The normalized spacial score (nSPS) is 13.8. The van der Waals surface area contributed by atoms with Gasteiger partial charge < -0.3 is 18.8 Å². The highest BCUT2D eigenvalue weighted by Crippen LogP contribution is 2.35. The number of sulfonamides is 1. The summed E-state index contributed by atoms with van der Waals surface area (Å²) in [4.78, 5) is 29.7. The maximum Gasteiger partial charge on any atom is 0.307 e. The van der Waals surface area contributed by atoms with Gasteiger partial charge in [-0.15, -0.1) is 0 Å². The minimum atomic E-state index is -3.64. The number of nitrogens with zero attached hydrogens (tertiary/aromatic N) is 3. The van der Waals surface area contributed by atoms with Crippen LogP contribution in [0.5, 0.6) is 11.5 Å². The maximum absolute atomic E-state index is 13.1. The Balaban J connectivity index is 1.68. The topological polar surface area (TPSA) is 117 Å². The smallest absolute Gasteiger partial charge is 0.307 e. The van der Waals surface area contributed by atoms with Crippen LogP contribution in [0.1, 0.15) is 36.5 Å². The lowest BCUT2D eigenvalue weighted by Crippen LogP contribution is -2.27. The second-order valence-corrected chi connectivity index (χ2v) is 11.5. The van der Waals surface area contributed by atoms with Crippen molar-refractivity contribution in [2.45, 2.75) is 37.6 Å². The van der Waals surface area contributed by atoms with E-state index in [4.69, 9.17) is 14.2 Å². The molecule has 2 aromatic carbocycles. The van der Waals surface area contributed by atoms with Gasteiger partial charge in [0.15, 0.2) is 16.3 Å². The third-order valence-electron chi connectivity index (χ3n) is 5.95. The lowest BCUT2D eigenvalue weighted by Gasteiger charge is -2.18. The molecule has 12 heteroatoms. The number of ether oxygens (including phenoxy) is 3. The van der Waals surface area contributed by atoms with Gasteiger partial charge in [-0.2, -0.15) is 4.99 Å². The second-order valence-electron chi connectivity index (χ2n) is 8.45. The molecule has 0 radical (unpaired) electrons. The van der Waals surface area contributed by atoms with E-state index in [1.165, 1.54) is 47.0 Å². The molecular weight excluding hydrogens is 518 g/mol. The van der Waals surface area contributed by atoms with Crippen LogP contribution in [-0.4, -0.2) is 63.1 Å². The van der Waals surface area contributed by atoms with Crippen molar-refractivity contribution in [3.63, 3.8) is 0 Å². The van der Waals surface area contributed by atoms with E-state index in [-0.39, 0.29) is 29.4 Å². The number of benzene rings is 2. The fourth-order valence-electron chi connectivity index (χ4n) is 3.81. The minimum absolute atomic E-state index is 0.0935. The number of unbranched alkanes of at least 4 members (excludes halogenated alkanes) is 1. The van der Waals surface area contributed by atoms with Crippen molar-refractivity contribution in [3.05, 3.63) is 46.8 Å². The quantitative estimate of drug-likeness (QED) is 0.378. The van der Waals surface area contributed by atoms with Crippen molar-refractivity contribution in [2.75, 3.05) is 33.9 Å². The summed E-state index contributed by atoms with van der Waals surface area (Å²) in [6.45, 7) is 3.55. The Kier molecular flexibility index (Phi) is 8.30. The van der Waals surface area contributed by atoms with Crippen LogP contribution >= 0.6 is 11.3 Å². The summed E-state index contributed by atoms with van der Waals surface area (Å²) < 4.78 is 45.6. The summed E-state index contributed by atoms with van der Waals surface area (Å²) in [7, 11) is -0.778. The van der Waals surface area contributed by atoms with Gasteiger partial charge in [0.25, 0.3) is 5.91 Å². The molecule has 1 aliphatic rings. The van der Waals surface area contributed by atoms with E-state index in [0.29, 0.717) is 36.1 Å². The van der Waals surface area contributed by atoms with Crippen molar-refractivity contribution in [1.82, 2.24) is 8.87 Å². The van der Waals surface area contributed by atoms with Crippen molar-refractivity contribution in [2.24, 2.45) is 4.99 Å². The second kappa shape index (κ2) is 11.4. The number of hydrogen-bond donors (Lipinski definition) is 0.